The molecule has 0 saturated heterocycles. The summed E-state index contributed by atoms with van der Waals surface area (Å²) in [6, 6.07) is 12.8. The van der Waals surface area contributed by atoms with Gasteiger partial charge in [0.2, 0.25) is 0 Å². The van der Waals surface area contributed by atoms with Gasteiger partial charge in [-0.25, -0.2) is 8.42 Å². The topological polar surface area (TPSA) is 81.7 Å². The zero-order valence-electron chi connectivity index (χ0n) is 19.1. The first-order valence-corrected chi connectivity index (χ1v) is 13.2. The lowest BCUT2D eigenvalue weighted by Gasteiger charge is -2.18. The summed E-state index contributed by atoms with van der Waals surface area (Å²) < 4.78 is 36.3. The number of fused-ring (bicyclic) bond motifs is 3. The molecule has 0 unspecified atom stereocenters. The van der Waals surface area contributed by atoms with Crippen molar-refractivity contribution < 1.29 is 22.7 Å². The maximum Gasteiger partial charge on any atom is 0.261 e. The summed E-state index contributed by atoms with van der Waals surface area (Å²) >= 11 is 1.35. The predicted octanol–water partition coefficient (Wildman–Crippen LogP) is 4.82. The second-order valence-electron chi connectivity index (χ2n) is 8.32. The Labute approximate surface area is 198 Å². The molecule has 0 spiro atoms. The van der Waals surface area contributed by atoms with Crippen LogP contribution < -0.4 is 14.8 Å². The number of thiophene rings is 1. The van der Waals surface area contributed by atoms with Crippen LogP contribution in [0, 0.1) is 0 Å². The van der Waals surface area contributed by atoms with Gasteiger partial charge < -0.3 is 14.8 Å². The number of carbonyl (C=O) groups excluding carboxylic acids is 1. The molecule has 0 aliphatic carbocycles. The minimum atomic E-state index is -3.43. The zero-order valence-corrected chi connectivity index (χ0v) is 20.7. The molecular weight excluding hydrogens is 458 g/mol. The number of nitrogens with one attached hydrogen (secondary N) is 1. The van der Waals surface area contributed by atoms with Gasteiger partial charge in [-0.3, -0.25) is 4.79 Å². The van der Waals surface area contributed by atoms with Crippen LogP contribution in [0.5, 0.6) is 11.5 Å². The lowest BCUT2D eigenvalue weighted by Crippen LogP contribution is -2.25. The highest BCUT2D eigenvalue weighted by molar-refractivity contribution is 7.91. The molecule has 33 heavy (non-hydrogen) atoms. The summed E-state index contributed by atoms with van der Waals surface area (Å²) in [6.07, 6.45) is 0.576. The van der Waals surface area contributed by atoms with Crippen molar-refractivity contribution in [3.05, 3.63) is 64.0 Å². The Kier molecular flexibility index (Phi) is 6.50. The quantitative estimate of drug-likeness (QED) is 0.519. The van der Waals surface area contributed by atoms with E-state index in [9.17, 15) is 13.2 Å². The Bertz CT molecular complexity index is 1310. The van der Waals surface area contributed by atoms with Crippen molar-refractivity contribution in [3.8, 4) is 21.9 Å². The van der Waals surface area contributed by atoms with Crippen molar-refractivity contribution >= 4 is 27.1 Å². The average Bonchev–Trinajstić information content (AvgIpc) is 3.22. The molecule has 0 saturated carbocycles. The van der Waals surface area contributed by atoms with Gasteiger partial charge in [0.1, 0.15) is 11.5 Å². The normalized spacial score (nSPS) is 13.8. The molecule has 2 heterocycles. The molecule has 1 amide bonds. The van der Waals surface area contributed by atoms with Gasteiger partial charge in [-0.05, 0) is 65.4 Å². The zero-order chi connectivity index (χ0) is 23.8. The number of rotatable bonds is 7. The van der Waals surface area contributed by atoms with E-state index < -0.39 is 9.84 Å². The molecule has 4 rings (SSSR count). The highest BCUT2D eigenvalue weighted by Gasteiger charge is 2.31. The van der Waals surface area contributed by atoms with E-state index in [1.807, 2.05) is 30.3 Å². The Morgan fingerprint density at radius 1 is 1.09 bits per heavy atom. The van der Waals surface area contributed by atoms with Crippen LogP contribution in [0.1, 0.15) is 46.1 Å². The third-order valence-corrected chi connectivity index (χ3v) is 8.72. The van der Waals surface area contributed by atoms with Gasteiger partial charge >= 0.3 is 0 Å². The second-order valence-corrected chi connectivity index (χ2v) is 11.3. The highest BCUT2D eigenvalue weighted by atomic mass is 32.2. The molecule has 6 nitrogen and oxygen atoms in total. The van der Waals surface area contributed by atoms with Crippen LogP contribution in [0.4, 0.5) is 0 Å². The molecular formula is C25H27NO5S2. The summed E-state index contributed by atoms with van der Waals surface area (Å²) in [4.78, 5) is 14.6. The van der Waals surface area contributed by atoms with Crippen molar-refractivity contribution in [3.63, 3.8) is 0 Å². The summed E-state index contributed by atoms with van der Waals surface area (Å²) in [5, 5.41) is 2.95. The van der Waals surface area contributed by atoms with Gasteiger partial charge in [-0.15, -0.1) is 11.3 Å². The van der Waals surface area contributed by atoms with E-state index >= 15 is 0 Å². The fourth-order valence-electron chi connectivity index (χ4n) is 3.99. The Hall–Kier alpha value is -2.84. The standard InChI is InChI=1S/C25H27NO5S2/c1-15(2)16-5-8-23-20(12-16)24-18(14-33(23,28)29)13-22(32-24)25(27)26-10-9-17-11-19(30-3)6-7-21(17)31-4/h5-8,11-13,15H,9-10,14H2,1-4H3,(H,26,27). The van der Waals surface area contributed by atoms with Gasteiger partial charge in [0.05, 0.1) is 29.7 Å². The van der Waals surface area contributed by atoms with E-state index in [1.165, 1.54) is 11.3 Å². The number of sulfone groups is 1. The summed E-state index contributed by atoms with van der Waals surface area (Å²) in [6.45, 7) is 4.56. The Balaban J connectivity index is 1.55. The van der Waals surface area contributed by atoms with Gasteiger partial charge in [-0.1, -0.05) is 19.9 Å². The van der Waals surface area contributed by atoms with Crippen molar-refractivity contribution in [1.29, 1.82) is 0 Å². The van der Waals surface area contributed by atoms with Crippen molar-refractivity contribution in [1.82, 2.24) is 5.32 Å². The van der Waals surface area contributed by atoms with Crippen molar-refractivity contribution in [2.45, 2.75) is 36.8 Å². The molecule has 1 aromatic heterocycles. The van der Waals surface area contributed by atoms with Crippen molar-refractivity contribution in [2.24, 2.45) is 0 Å². The van der Waals surface area contributed by atoms with E-state index in [1.54, 1.807) is 26.4 Å². The van der Waals surface area contributed by atoms with Crippen LogP contribution in [-0.2, 0) is 22.0 Å². The second kappa shape index (κ2) is 9.19. The third-order valence-electron chi connectivity index (χ3n) is 5.80. The first-order chi connectivity index (χ1) is 15.7. The molecule has 1 N–H and O–H groups in total. The largest absolute Gasteiger partial charge is 0.497 e. The van der Waals surface area contributed by atoms with Crippen LogP contribution in [-0.4, -0.2) is 35.1 Å². The van der Waals surface area contributed by atoms with E-state index in [2.05, 4.69) is 19.2 Å². The first kappa shape index (κ1) is 23.3. The SMILES string of the molecule is COc1ccc(OC)c(CCNC(=O)c2cc3c(s2)-c2cc(C(C)C)ccc2S(=O)(=O)C3)c1. The minimum Gasteiger partial charge on any atom is -0.497 e. The lowest BCUT2D eigenvalue weighted by atomic mass is 9.99. The molecule has 8 heteroatoms. The van der Waals surface area contributed by atoms with E-state index in [0.717, 1.165) is 27.5 Å². The molecule has 0 atom stereocenters. The van der Waals surface area contributed by atoms with Crippen molar-refractivity contribution in [2.75, 3.05) is 20.8 Å². The van der Waals surface area contributed by atoms with Gasteiger partial charge in [-0.2, -0.15) is 0 Å². The molecule has 0 fully saturated rings. The number of methoxy groups -OCH3 is 2. The molecule has 174 valence electrons. The minimum absolute atomic E-state index is 0.0822. The molecule has 0 radical (unpaired) electrons. The number of hydrogen-bond donors (Lipinski definition) is 1. The van der Waals surface area contributed by atoms with Crippen LogP contribution >= 0.6 is 11.3 Å². The molecule has 1 aliphatic rings. The maximum atomic E-state index is 12.9. The summed E-state index contributed by atoms with van der Waals surface area (Å²) in [7, 11) is -0.215. The van der Waals surface area contributed by atoms with Gasteiger partial charge in [0.15, 0.2) is 9.84 Å². The fourth-order valence-corrected chi connectivity index (χ4v) is 6.84. The number of ether oxygens (including phenoxy) is 2. The Morgan fingerprint density at radius 2 is 1.88 bits per heavy atom. The first-order valence-electron chi connectivity index (χ1n) is 10.7. The average molecular weight is 486 g/mol. The van der Waals surface area contributed by atoms with Crippen LogP contribution in [0.2, 0.25) is 0 Å². The van der Waals surface area contributed by atoms with Gasteiger partial charge in [0.25, 0.3) is 5.91 Å². The third kappa shape index (κ3) is 4.63. The number of benzene rings is 2. The highest BCUT2D eigenvalue weighted by Crippen LogP contribution is 2.43. The smallest absolute Gasteiger partial charge is 0.261 e. The van der Waals surface area contributed by atoms with Crippen LogP contribution in [0.15, 0.2) is 47.4 Å². The van der Waals surface area contributed by atoms with E-state index in [0.29, 0.717) is 33.9 Å². The molecule has 1 aliphatic heterocycles. The van der Waals surface area contributed by atoms with E-state index in [-0.39, 0.29) is 17.6 Å². The predicted molar refractivity (Wildman–Crippen MR) is 130 cm³/mol. The monoisotopic (exact) mass is 485 g/mol. The number of hydrogen-bond acceptors (Lipinski definition) is 6. The summed E-state index contributed by atoms with van der Waals surface area (Å²) in [5.74, 6) is 1.44. The molecule has 2 aromatic carbocycles. The molecule has 3 aromatic rings. The number of carbonyl (C=O) groups is 1. The Morgan fingerprint density at radius 3 is 2.58 bits per heavy atom. The van der Waals surface area contributed by atoms with Gasteiger partial charge in [0, 0.05) is 17.0 Å². The van der Waals surface area contributed by atoms with Crippen LogP contribution in [0.25, 0.3) is 10.4 Å². The maximum absolute atomic E-state index is 12.9. The van der Waals surface area contributed by atoms with E-state index in [4.69, 9.17) is 9.47 Å². The summed E-state index contributed by atoms with van der Waals surface area (Å²) in [5.41, 5.74) is 3.40. The lowest BCUT2D eigenvalue weighted by molar-refractivity contribution is 0.0958. The van der Waals surface area contributed by atoms with Crippen LogP contribution in [0.3, 0.4) is 0 Å². The molecule has 0 bridgehead atoms. The number of amides is 1. The fraction of sp³-hybridized carbons (Fsp3) is 0.320.